The second-order valence-corrected chi connectivity index (χ2v) is 6.20. The van der Waals surface area contributed by atoms with Crippen LogP contribution < -0.4 is 10.6 Å². The highest BCUT2D eigenvalue weighted by atomic mass is 127. The number of piperazine rings is 1. The zero-order chi connectivity index (χ0) is 17.6. The van der Waals surface area contributed by atoms with E-state index in [0.29, 0.717) is 23.9 Å². The van der Waals surface area contributed by atoms with Crippen molar-refractivity contribution < 1.29 is 13.2 Å². The molecule has 0 unspecified atom stereocenters. The Labute approximate surface area is 168 Å². The first-order valence-corrected chi connectivity index (χ1v) is 8.35. The van der Waals surface area contributed by atoms with Gasteiger partial charge in [0.1, 0.15) is 0 Å². The minimum absolute atomic E-state index is 0. The second kappa shape index (κ2) is 10.3. The van der Waals surface area contributed by atoms with Crippen molar-refractivity contribution in [3.8, 4) is 0 Å². The number of anilines is 1. The van der Waals surface area contributed by atoms with Crippen molar-refractivity contribution >= 4 is 47.2 Å². The number of halogens is 5. The number of alkyl halides is 3. The number of nitrogens with two attached hydrogens (primary N) is 1. The summed E-state index contributed by atoms with van der Waals surface area (Å²) in [6.45, 7) is 3.43. The lowest BCUT2D eigenvalue weighted by Crippen LogP contribution is -2.51. The molecule has 1 aliphatic rings. The maximum absolute atomic E-state index is 12.1. The van der Waals surface area contributed by atoms with Gasteiger partial charge in [0.25, 0.3) is 0 Å². The van der Waals surface area contributed by atoms with Crippen molar-refractivity contribution in [2.45, 2.75) is 25.4 Å². The summed E-state index contributed by atoms with van der Waals surface area (Å²) < 4.78 is 36.2. The normalized spacial score (nSPS) is 15.9. The fourth-order valence-corrected chi connectivity index (χ4v) is 2.70. The topological polar surface area (TPSA) is 44.9 Å². The maximum Gasteiger partial charge on any atom is 0.389 e. The zero-order valence-electron chi connectivity index (χ0n) is 13.8. The molecular formula is C16H23ClF3IN4. The van der Waals surface area contributed by atoms with Crippen LogP contribution in [0.5, 0.6) is 0 Å². The van der Waals surface area contributed by atoms with Crippen LogP contribution >= 0.6 is 35.6 Å². The van der Waals surface area contributed by atoms with Crippen LogP contribution in [0.25, 0.3) is 0 Å². The van der Waals surface area contributed by atoms with Crippen LogP contribution in [0.1, 0.15) is 19.3 Å². The Kier molecular flexibility index (Phi) is 9.12. The molecule has 9 heteroatoms. The van der Waals surface area contributed by atoms with E-state index in [1.54, 1.807) is 0 Å². The van der Waals surface area contributed by atoms with Gasteiger partial charge in [-0.2, -0.15) is 13.2 Å². The first kappa shape index (κ1) is 22.1. The number of benzene rings is 1. The summed E-state index contributed by atoms with van der Waals surface area (Å²) >= 11 is 5.89. The standard InChI is InChI=1S/C16H22ClF3N4.HI/c17-13-3-5-14(6-4-13)23-9-11-24(12-10-23)15(21)22-8-2-1-7-16(18,19)20;/h3-6H,1-2,7-12H2,(H2,21,22);1H. The summed E-state index contributed by atoms with van der Waals surface area (Å²) in [6, 6.07) is 7.69. The average molecular weight is 491 g/mol. The van der Waals surface area contributed by atoms with Gasteiger partial charge in [0, 0.05) is 49.9 Å². The van der Waals surface area contributed by atoms with Crippen LogP contribution in [-0.2, 0) is 0 Å². The minimum Gasteiger partial charge on any atom is -0.370 e. The summed E-state index contributed by atoms with van der Waals surface area (Å²) in [5.74, 6) is 0.415. The summed E-state index contributed by atoms with van der Waals surface area (Å²) in [5, 5.41) is 0.708. The summed E-state index contributed by atoms with van der Waals surface area (Å²) in [4.78, 5) is 8.40. The SMILES string of the molecule is I.NC(=NCCCCC(F)(F)F)N1CCN(c2ccc(Cl)cc2)CC1. The summed E-state index contributed by atoms with van der Waals surface area (Å²) in [6.07, 6.45) is -4.37. The van der Waals surface area contributed by atoms with E-state index in [9.17, 15) is 13.2 Å². The van der Waals surface area contributed by atoms with Crippen LogP contribution in [0.3, 0.4) is 0 Å². The Morgan fingerprint density at radius 2 is 1.68 bits per heavy atom. The maximum atomic E-state index is 12.1. The van der Waals surface area contributed by atoms with Gasteiger partial charge in [-0.05, 0) is 37.1 Å². The molecule has 0 spiro atoms. The molecule has 1 aromatic carbocycles. The van der Waals surface area contributed by atoms with E-state index in [-0.39, 0.29) is 30.4 Å². The molecule has 25 heavy (non-hydrogen) atoms. The highest BCUT2D eigenvalue weighted by molar-refractivity contribution is 14.0. The van der Waals surface area contributed by atoms with E-state index in [1.807, 2.05) is 29.2 Å². The monoisotopic (exact) mass is 490 g/mol. The number of hydrogen-bond acceptors (Lipinski definition) is 2. The quantitative estimate of drug-likeness (QED) is 0.292. The van der Waals surface area contributed by atoms with Gasteiger partial charge in [0.2, 0.25) is 0 Å². The fraction of sp³-hybridized carbons (Fsp3) is 0.562. The van der Waals surface area contributed by atoms with E-state index in [4.69, 9.17) is 17.3 Å². The van der Waals surface area contributed by atoms with Gasteiger partial charge in [0.15, 0.2) is 5.96 Å². The zero-order valence-corrected chi connectivity index (χ0v) is 16.9. The number of rotatable bonds is 5. The van der Waals surface area contributed by atoms with Gasteiger partial charge in [-0.15, -0.1) is 24.0 Å². The molecule has 0 aliphatic carbocycles. The van der Waals surface area contributed by atoms with Crippen LogP contribution in [0.15, 0.2) is 29.3 Å². The molecule has 0 radical (unpaired) electrons. The molecule has 1 saturated heterocycles. The van der Waals surface area contributed by atoms with Crippen LogP contribution in [0, 0.1) is 0 Å². The average Bonchev–Trinajstić information content (AvgIpc) is 2.54. The summed E-state index contributed by atoms with van der Waals surface area (Å²) in [7, 11) is 0. The molecule has 2 rings (SSSR count). The Bertz CT molecular complexity index is 543. The van der Waals surface area contributed by atoms with Crippen molar-refractivity contribution in [1.29, 1.82) is 0 Å². The van der Waals surface area contributed by atoms with E-state index in [1.165, 1.54) is 0 Å². The van der Waals surface area contributed by atoms with Crippen molar-refractivity contribution in [2.75, 3.05) is 37.6 Å². The Balaban J connectivity index is 0.00000312. The highest BCUT2D eigenvalue weighted by Gasteiger charge is 2.25. The molecule has 4 nitrogen and oxygen atoms in total. The van der Waals surface area contributed by atoms with Crippen molar-refractivity contribution in [3.63, 3.8) is 0 Å². The van der Waals surface area contributed by atoms with Crippen molar-refractivity contribution in [2.24, 2.45) is 10.7 Å². The first-order chi connectivity index (χ1) is 11.3. The fourth-order valence-electron chi connectivity index (χ4n) is 2.58. The highest BCUT2D eigenvalue weighted by Crippen LogP contribution is 2.22. The van der Waals surface area contributed by atoms with Crippen LogP contribution in [0.2, 0.25) is 5.02 Å². The molecule has 1 aliphatic heterocycles. The number of aliphatic imine (C=N–C) groups is 1. The third-order valence-corrected chi connectivity index (χ3v) is 4.19. The number of guanidine groups is 1. The van der Waals surface area contributed by atoms with E-state index >= 15 is 0 Å². The Morgan fingerprint density at radius 1 is 1.08 bits per heavy atom. The van der Waals surface area contributed by atoms with E-state index < -0.39 is 12.6 Å². The number of unbranched alkanes of at least 4 members (excludes halogenated alkanes) is 1. The van der Waals surface area contributed by atoms with Gasteiger partial charge < -0.3 is 15.5 Å². The Hall–Kier alpha value is -0.900. The van der Waals surface area contributed by atoms with Crippen molar-refractivity contribution in [1.82, 2.24) is 4.90 Å². The lowest BCUT2D eigenvalue weighted by atomic mass is 10.2. The second-order valence-electron chi connectivity index (χ2n) is 5.76. The largest absolute Gasteiger partial charge is 0.389 e. The molecule has 0 saturated carbocycles. The van der Waals surface area contributed by atoms with Gasteiger partial charge in [-0.1, -0.05) is 11.6 Å². The number of hydrogen-bond donors (Lipinski definition) is 1. The van der Waals surface area contributed by atoms with Crippen LogP contribution in [0.4, 0.5) is 18.9 Å². The molecular weight excluding hydrogens is 468 g/mol. The molecule has 2 N–H and O–H groups in total. The molecule has 1 aromatic rings. The lowest BCUT2D eigenvalue weighted by Gasteiger charge is -2.36. The first-order valence-electron chi connectivity index (χ1n) is 7.97. The molecule has 0 amide bonds. The van der Waals surface area contributed by atoms with Crippen molar-refractivity contribution in [3.05, 3.63) is 29.3 Å². The van der Waals surface area contributed by atoms with Gasteiger partial charge in [-0.3, -0.25) is 4.99 Å². The molecule has 0 aromatic heterocycles. The lowest BCUT2D eigenvalue weighted by molar-refractivity contribution is -0.135. The van der Waals surface area contributed by atoms with E-state index in [2.05, 4.69) is 9.89 Å². The predicted octanol–water partition coefficient (Wildman–Crippen LogP) is 4.13. The molecule has 0 bridgehead atoms. The van der Waals surface area contributed by atoms with Gasteiger partial charge in [0.05, 0.1) is 0 Å². The number of nitrogens with zero attached hydrogens (tertiary/aromatic N) is 3. The smallest absolute Gasteiger partial charge is 0.370 e. The summed E-state index contributed by atoms with van der Waals surface area (Å²) in [5.41, 5.74) is 7.05. The predicted molar refractivity (Wildman–Crippen MR) is 107 cm³/mol. The third-order valence-electron chi connectivity index (χ3n) is 3.94. The Morgan fingerprint density at radius 3 is 2.24 bits per heavy atom. The van der Waals surface area contributed by atoms with Gasteiger partial charge >= 0.3 is 6.18 Å². The van der Waals surface area contributed by atoms with E-state index in [0.717, 1.165) is 31.9 Å². The molecule has 0 atom stereocenters. The minimum atomic E-state index is -4.09. The van der Waals surface area contributed by atoms with Crippen LogP contribution in [-0.4, -0.2) is 49.8 Å². The molecule has 1 fully saturated rings. The van der Waals surface area contributed by atoms with Gasteiger partial charge in [-0.25, -0.2) is 0 Å². The molecule has 142 valence electrons. The third kappa shape index (κ3) is 7.89. The molecule has 1 heterocycles.